The molecule has 0 bridgehead atoms. The van der Waals surface area contributed by atoms with Crippen LogP contribution in [0.15, 0.2) is 47.4 Å². The lowest BCUT2D eigenvalue weighted by Gasteiger charge is -2.27. The quantitative estimate of drug-likeness (QED) is 0.684. The van der Waals surface area contributed by atoms with Gasteiger partial charge in [0.05, 0.1) is 16.9 Å². The Morgan fingerprint density at radius 2 is 2.04 bits per heavy atom. The van der Waals surface area contributed by atoms with E-state index >= 15 is 0 Å². The molecule has 0 fully saturated rings. The first-order valence-electron chi connectivity index (χ1n) is 7.59. The lowest BCUT2D eigenvalue weighted by Crippen LogP contribution is -2.39. The van der Waals surface area contributed by atoms with Gasteiger partial charge in [-0.05, 0) is 65.4 Å². The van der Waals surface area contributed by atoms with Crippen molar-refractivity contribution < 1.29 is 9.59 Å². The van der Waals surface area contributed by atoms with Crippen molar-refractivity contribution in [3.63, 3.8) is 0 Å². The van der Waals surface area contributed by atoms with Crippen LogP contribution in [-0.4, -0.2) is 17.1 Å². The molecule has 0 spiro atoms. The summed E-state index contributed by atoms with van der Waals surface area (Å²) in [4.78, 5) is 25.9. The molecule has 0 aromatic heterocycles. The topological polar surface area (TPSA) is 58.2 Å². The zero-order valence-corrected chi connectivity index (χ0v) is 16.3. The molecule has 2 N–H and O–H groups in total. The SMILES string of the molecule is Cc1cc(I)ccc1NC(=O)[C@H](C)[C@@H]1Sc2ccccc2NC1=O. The van der Waals surface area contributed by atoms with Crippen LogP contribution in [0.2, 0.25) is 0 Å². The van der Waals surface area contributed by atoms with Gasteiger partial charge in [-0.1, -0.05) is 19.1 Å². The molecule has 0 aliphatic carbocycles. The molecule has 2 aromatic carbocycles. The van der Waals surface area contributed by atoms with Gasteiger partial charge >= 0.3 is 0 Å². The van der Waals surface area contributed by atoms with E-state index in [1.54, 1.807) is 6.92 Å². The highest BCUT2D eigenvalue weighted by Gasteiger charge is 2.35. The van der Waals surface area contributed by atoms with Crippen LogP contribution in [0, 0.1) is 16.4 Å². The number of aryl methyl sites for hydroxylation is 1. The molecule has 1 aliphatic rings. The third-order valence-electron chi connectivity index (χ3n) is 3.97. The van der Waals surface area contributed by atoms with Crippen molar-refractivity contribution in [3.05, 3.63) is 51.6 Å². The van der Waals surface area contributed by atoms with Gasteiger partial charge in [-0.15, -0.1) is 11.8 Å². The average Bonchev–Trinajstić information content (AvgIpc) is 2.56. The molecule has 2 atom stereocenters. The maximum Gasteiger partial charge on any atom is 0.238 e. The summed E-state index contributed by atoms with van der Waals surface area (Å²) in [7, 11) is 0. The third kappa shape index (κ3) is 3.59. The maximum absolute atomic E-state index is 12.6. The first kappa shape index (κ1) is 17.3. The Morgan fingerprint density at radius 3 is 2.79 bits per heavy atom. The van der Waals surface area contributed by atoms with Crippen LogP contribution in [0.25, 0.3) is 0 Å². The van der Waals surface area contributed by atoms with E-state index in [0.717, 1.165) is 25.4 Å². The summed E-state index contributed by atoms with van der Waals surface area (Å²) in [5.41, 5.74) is 2.60. The lowest BCUT2D eigenvalue weighted by molar-refractivity contribution is -0.123. The highest BCUT2D eigenvalue weighted by molar-refractivity contribution is 14.1. The van der Waals surface area contributed by atoms with Crippen LogP contribution in [0.5, 0.6) is 0 Å². The highest BCUT2D eigenvalue weighted by Crippen LogP contribution is 2.38. The van der Waals surface area contributed by atoms with Crippen LogP contribution in [0.3, 0.4) is 0 Å². The van der Waals surface area contributed by atoms with Crippen LogP contribution < -0.4 is 10.6 Å². The van der Waals surface area contributed by atoms with E-state index in [1.165, 1.54) is 11.8 Å². The number of halogens is 1. The standard InChI is InChI=1S/C18H17IN2O2S/c1-10-9-12(19)7-8-13(10)20-17(22)11(2)16-18(23)21-14-5-3-4-6-15(14)24-16/h3-9,11,16H,1-2H3,(H,20,22)(H,21,23)/t11-,16+/m1/s1. The van der Waals surface area contributed by atoms with Crippen molar-refractivity contribution in [2.45, 2.75) is 24.0 Å². The molecule has 124 valence electrons. The van der Waals surface area contributed by atoms with Crippen molar-refractivity contribution in [2.75, 3.05) is 10.6 Å². The van der Waals surface area contributed by atoms with Crippen molar-refractivity contribution in [1.82, 2.24) is 0 Å². The fraction of sp³-hybridized carbons (Fsp3) is 0.222. The molecule has 1 heterocycles. The monoisotopic (exact) mass is 452 g/mol. The van der Waals surface area contributed by atoms with Gasteiger partial charge in [-0.2, -0.15) is 0 Å². The fourth-order valence-electron chi connectivity index (χ4n) is 2.55. The van der Waals surface area contributed by atoms with Crippen LogP contribution in [-0.2, 0) is 9.59 Å². The smallest absolute Gasteiger partial charge is 0.238 e. The molecule has 0 saturated heterocycles. The van der Waals surface area contributed by atoms with Crippen LogP contribution in [0.4, 0.5) is 11.4 Å². The average molecular weight is 452 g/mol. The second kappa shape index (κ2) is 7.14. The van der Waals surface area contributed by atoms with Gasteiger partial charge in [0, 0.05) is 14.2 Å². The number of nitrogens with one attached hydrogen (secondary N) is 2. The lowest BCUT2D eigenvalue weighted by atomic mass is 10.0. The Bertz CT molecular complexity index is 809. The fourth-order valence-corrected chi connectivity index (χ4v) is 4.36. The van der Waals surface area contributed by atoms with Gasteiger partial charge in [0.2, 0.25) is 11.8 Å². The first-order chi connectivity index (χ1) is 11.5. The van der Waals surface area contributed by atoms with Gasteiger partial charge in [0.25, 0.3) is 0 Å². The van der Waals surface area contributed by atoms with Crippen LogP contribution >= 0.6 is 34.4 Å². The number of anilines is 2. The molecule has 24 heavy (non-hydrogen) atoms. The highest BCUT2D eigenvalue weighted by atomic mass is 127. The number of amides is 2. The van der Waals surface area contributed by atoms with E-state index in [-0.39, 0.29) is 11.8 Å². The van der Waals surface area contributed by atoms with Gasteiger partial charge < -0.3 is 10.6 Å². The van der Waals surface area contributed by atoms with E-state index in [2.05, 4.69) is 33.2 Å². The molecule has 1 aliphatic heterocycles. The molecular formula is C18H17IN2O2S. The number of hydrogen-bond acceptors (Lipinski definition) is 3. The Balaban J connectivity index is 1.75. The Labute approximate surface area is 158 Å². The number of benzene rings is 2. The minimum absolute atomic E-state index is 0.124. The summed E-state index contributed by atoms with van der Waals surface area (Å²) in [6.45, 7) is 3.75. The van der Waals surface area contributed by atoms with E-state index in [0.29, 0.717) is 0 Å². The van der Waals surface area contributed by atoms with Gasteiger partial charge in [0.1, 0.15) is 0 Å². The zero-order valence-electron chi connectivity index (χ0n) is 13.3. The number of para-hydroxylation sites is 1. The van der Waals surface area contributed by atoms with Gasteiger partial charge in [0.15, 0.2) is 0 Å². The molecule has 2 amide bonds. The number of carbonyl (C=O) groups excluding carboxylic acids is 2. The Kier molecular flexibility index (Phi) is 5.15. The predicted octanol–water partition coefficient (Wildman–Crippen LogP) is 4.29. The minimum Gasteiger partial charge on any atom is -0.326 e. The van der Waals surface area contributed by atoms with Crippen molar-refractivity contribution in [3.8, 4) is 0 Å². The zero-order chi connectivity index (χ0) is 17.3. The van der Waals surface area contributed by atoms with E-state index in [1.807, 2.05) is 49.4 Å². The summed E-state index contributed by atoms with van der Waals surface area (Å²) in [6.07, 6.45) is 0. The predicted molar refractivity (Wildman–Crippen MR) is 106 cm³/mol. The van der Waals surface area contributed by atoms with Crippen LogP contribution in [0.1, 0.15) is 12.5 Å². The third-order valence-corrected chi connectivity index (χ3v) is 6.13. The number of carbonyl (C=O) groups is 2. The Morgan fingerprint density at radius 1 is 1.29 bits per heavy atom. The summed E-state index contributed by atoms with van der Waals surface area (Å²) < 4.78 is 1.12. The largest absolute Gasteiger partial charge is 0.326 e. The van der Waals surface area contributed by atoms with Gasteiger partial charge in [-0.25, -0.2) is 0 Å². The van der Waals surface area contributed by atoms with E-state index in [4.69, 9.17) is 0 Å². The number of rotatable bonds is 3. The Hall–Kier alpha value is -1.54. The number of fused-ring (bicyclic) bond motifs is 1. The van der Waals surface area contributed by atoms with Gasteiger partial charge in [-0.3, -0.25) is 9.59 Å². The molecular weight excluding hydrogens is 435 g/mol. The molecule has 0 unspecified atom stereocenters. The summed E-state index contributed by atoms with van der Waals surface area (Å²) in [6, 6.07) is 13.5. The summed E-state index contributed by atoms with van der Waals surface area (Å²) in [5.74, 6) is -0.714. The number of hydrogen-bond donors (Lipinski definition) is 2. The molecule has 2 aromatic rings. The first-order valence-corrected chi connectivity index (χ1v) is 9.55. The maximum atomic E-state index is 12.6. The second-order valence-electron chi connectivity index (χ2n) is 5.76. The minimum atomic E-state index is -0.443. The van der Waals surface area contributed by atoms with Crippen molar-refractivity contribution in [1.29, 1.82) is 0 Å². The molecule has 3 rings (SSSR count). The molecule has 0 saturated carbocycles. The number of thioether (sulfide) groups is 1. The molecule has 0 radical (unpaired) electrons. The van der Waals surface area contributed by atoms with E-state index < -0.39 is 11.2 Å². The molecule has 6 heteroatoms. The molecule has 4 nitrogen and oxygen atoms in total. The summed E-state index contributed by atoms with van der Waals surface area (Å²) >= 11 is 3.68. The van der Waals surface area contributed by atoms with Crippen molar-refractivity contribution in [2.24, 2.45) is 5.92 Å². The normalized spacial score (nSPS) is 17.6. The van der Waals surface area contributed by atoms with Crippen molar-refractivity contribution >= 4 is 57.5 Å². The summed E-state index contributed by atoms with van der Waals surface area (Å²) in [5, 5.41) is 5.39. The second-order valence-corrected chi connectivity index (χ2v) is 8.19. The van der Waals surface area contributed by atoms with E-state index in [9.17, 15) is 9.59 Å².